The van der Waals surface area contributed by atoms with E-state index in [9.17, 15) is 23.5 Å². The highest BCUT2D eigenvalue weighted by Crippen LogP contribution is 2.33. The molecule has 0 aliphatic heterocycles. The number of carbonyl (C=O) groups is 2. The second-order valence-electron chi connectivity index (χ2n) is 6.78. The molecular formula is C23H15F2N3O3. The van der Waals surface area contributed by atoms with Gasteiger partial charge in [0.25, 0.3) is 5.91 Å². The molecule has 8 heteroatoms. The van der Waals surface area contributed by atoms with Crippen LogP contribution in [0.25, 0.3) is 22.0 Å². The molecule has 0 bridgehead atoms. The lowest BCUT2D eigenvalue weighted by Gasteiger charge is -2.14. The van der Waals surface area contributed by atoms with Crippen LogP contribution in [0.2, 0.25) is 0 Å². The number of pyridine rings is 1. The number of carboxylic acid groups (broad SMARTS) is 1. The minimum Gasteiger partial charge on any atom is -0.478 e. The van der Waals surface area contributed by atoms with E-state index in [0.717, 1.165) is 18.2 Å². The number of hydrogen-bond donors (Lipinski definition) is 3. The molecule has 0 radical (unpaired) electrons. The zero-order valence-corrected chi connectivity index (χ0v) is 15.9. The maximum absolute atomic E-state index is 14.2. The van der Waals surface area contributed by atoms with Crippen molar-refractivity contribution >= 4 is 34.2 Å². The minimum atomic E-state index is -1.10. The lowest BCUT2D eigenvalue weighted by Crippen LogP contribution is -2.14. The molecule has 1 amide bonds. The summed E-state index contributed by atoms with van der Waals surface area (Å²) in [4.78, 5) is 27.4. The third-order valence-electron chi connectivity index (χ3n) is 4.75. The van der Waals surface area contributed by atoms with Crippen molar-refractivity contribution in [3.63, 3.8) is 0 Å². The third-order valence-corrected chi connectivity index (χ3v) is 4.75. The number of primary amides is 1. The van der Waals surface area contributed by atoms with E-state index >= 15 is 0 Å². The first kappa shape index (κ1) is 20.0. The van der Waals surface area contributed by atoms with Gasteiger partial charge in [-0.1, -0.05) is 18.2 Å². The first-order valence-corrected chi connectivity index (χ1v) is 9.12. The van der Waals surface area contributed by atoms with Crippen molar-refractivity contribution in [2.75, 3.05) is 5.32 Å². The van der Waals surface area contributed by atoms with Gasteiger partial charge in [-0.05, 0) is 48.0 Å². The number of aromatic carboxylic acids is 1. The van der Waals surface area contributed by atoms with E-state index in [4.69, 9.17) is 5.73 Å². The third kappa shape index (κ3) is 3.91. The van der Waals surface area contributed by atoms with Gasteiger partial charge < -0.3 is 16.2 Å². The van der Waals surface area contributed by atoms with Crippen molar-refractivity contribution in [2.24, 2.45) is 5.73 Å². The van der Waals surface area contributed by atoms with Crippen molar-refractivity contribution in [1.29, 1.82) is 0 Å². The molecule has 3 aromatic carbocycles. The number of amides is 1. The summed E-state index contributed by atoms with van der Waals surface area (Å²) in [6.07, 6.45) is 1.28. The van der Waals surface area contributed by atoms with Crippen LogP contribution in [-0.2, 0) is 0 Å². The van der Waals surface area contributed by atoms with Gasteiger partial charge in [-0.2, -0.15) is 0 Å². The van der Waals surface area contributed by atoms with E-state index in [1.807, 2.05) is 0 Å². The Bertz CT molecular complexity index is 1360. The number of nitrogens with one attached hydrogen (secondary N) is 1. The van der Waals surface area contributed by atoms with E-state index in [-0.39, 0.29) is 16.7 Å². The van der Waals surface area contributed by atoms with Crippen molar-refractivity contribution < 1.29 is 23.5 Å². The van der Waals surface area contributed by atoms with Crippen LogP contribution in [0.4, 0.5) is 20.2 Å². The van der Waals surface area contributed by atoms with Crippen LogP contribution in [-0.4, -0.2) is 22.0 Å². The highest BCUT2D eigenvalue weighted by molar-refractivity contribution is 6.08. The second kappa shape index (κ2) is 7.83. The molecule has 0 fully saturated rings. The Labute approximate surface area is 175 Å². The van der Waals surface area contributed by atoms with Crippen LogP contribution in [0.3, 0.4) is 0 Å². The van der Waals surface area contributed by atoms with Crippen molar-refractivity contribution in [1.82, 2.24) is 4.98 Å². The van der Waals surface area contributed by atoms with Crippen molar-refractivity contribution in [3.05, 3.63) is 89.6 Å². The lowest BCUT2D eigenvalue weighted by molar-refractivity contribution is 0.0696. The Morgan fingerprint density at radius 3 is 2.55 bits per heavy atom. The number of nitrogens with two attached hydrogens (primary N) is 1. The topological polar surface area (TPSA) is 105 Å². The first-order chi connectivity index (χ1) is 14.8. The molecule has 4 rings (SSSR count). The predicted octanol–water partition coefficient (Wildman–Crippen LogP) is 4.72. The normalized spacial score (nSPS) is 10.8. The Kier molecular flexibility index (Phi) is 5.04. The standard InChI is InChI=1S/C23H15F2N3O3/c24-14-5-7-19(25)17(10-14)12-4-6-16-20(9-12)27-11-18(22(26)29)21(16)28-15-3-1-2-13(8-15)23(30)31/h1-11H,(H2,26,29)(H,27,28)(H,30,31). The molecule has 1 aromatic heterocycles. The Morgan fingerprint density at radius 2 is 1.81 bits per heavy atom. The van der Waals surface area contributed by atoms with Crippen LogP contribution in [0.1, 0.15) is 20.7 Å². The molecule has 0 aliphatic carbocycles. The van der Waals surface area contributed by atoms with Gasteiger partial charge in [0.05, 0.1) is 22.3 Å². The van der Waals surface area contributed by atoms with E-state index in [0.29, 0.717) is 27.8 Å². The maximum atomic E-state index is 14.2. The predicted molar refractivity (Wildman–Crippen MR) is 112 cm³/mol. The number of carbonyl (C=O) groups excluding carboxylic acids is 1. The van der Waals surface area contributed by atoms with Crippen LogP contribution in [0.5, 0.6) is 0 Å². The summed E-state index contributed by atoms with van der Waals surface area (Å²) in [5.41, 5.74) is 7.29. The number of nitrogens with zero attached hydrogens (tertiary/aromatic N) is 1. The molecule has 0 unspecified atom stereocenters. The zero-order chi connectivity index (χ0) is 22.1. The highest BCUT2D eigenvalue weighted by Gasteiger charge is 2.16. The molecule has 1 heterocycles. The summed E-state index contributed by atoms with van der Waals surface area (Å²) < 4.78 is 27.8. The molecule has 4 N–H and O–H groups in total. The summed E-state index contributed by atoms with van der Waals surface area (Å²) in [5.74, 6) is -2.99. The van der Waals surface area contributed by atoms with Gasteiger partial charge in [0.1, 0.15) is 11.6 Å². The fourth-order valence-electron chi connectivity index (χ4n) is 3.28. The Morgan fingerprint density at radius 1 is 1.00 bits per heavy atom. The summed E-state index contributed by atoms with van der Waals surface area (Å²) in [5, 5.41) is 12.7. The number of rotatable bonds is 5. The fraction of sp³-hybridized carbons (Fsp3) is 0. The summed E-state index contributed by atoms with van der Waals surface area (Å²) in [7, 11) is 0. The molecule has 31 heavy (non-hydrogen) atoms. The smallest absolute Gasteiger partial charge is 0.335 e. The highest BCUT2D eigenvalue weighted by atomic mass is 19.1. The minimum absolute atomic E-state index is 0.0628. The molecule has 0 saturated carbocycles. The fourth-order valence-corrected chi connectivity index (χ4v) is 3.28. The lowest BCUT2D eigenvalue weighted by atomic mass is 10.0. The number of carboxylic acids is 1. The summed E-state index contributed by atoms with van der Waals surface area (Å²) >= 11 is 0. The van der Waals surface area contributed by atoms with Crippen molar-refractivity contribution in [2.45, 2.75) is 0 Å². The van der Waals surface area contributed by atoms with Gasteiger partial charge >= 0.3 is 5.97 Å². The van der Waals surface area contributed by atoms with Gasteiger partial charge in [0.15, 0.2) is 0 Å². The molecule has 154 valence electrons. The molecule has 0 saturated heterocycles. The summed E-state index contributed by atoms with van der Waals surface area (Å²) in [6.45, 7) is 0. The number of fused-ring (bicyclic) bond motifs is 1. The Hall–Kier alpha value is -4.33. The van der Waals surface area contributed by atoms with E-state index in [1.165, 1.54) is 18.3 Å². The van der Waals surface area contributed by atoms with E-state index in [2.05, 4.69) is 10.3 Å². The van der Waals surface area contributed by atoms with Gasteiger partial charge in [-0.25, -0.2) is 13.6 Å². The number of hydrogen-bond acceptors (Lipinski definition) is 4. The average molecular weight is 419 g/mol. The molecule has 0 spiro atoms. The second-order valence-corrected chi connectivity index (χ2v) is 6.78. The first-order valence-electron chi connectivity index (χ1n) is 9.12. The number of halogens is 2. The largest absolute Gasteiger partial charge is 0.478 e. The molecule has 0 aliphatic rings. The van der Waals surface area contributed by atoms with Crippen molar-refractivity contribution in [3.8, 4) is 11.1 Å². The number of anilines is 2. The number of benzene rings is 3. The SMILES string of the molecule is NC(=O)c1cnc2cc(-c3cc(F)ccc3F)ccc2c1Nc1cccc(C(=O)O)c1. The molecule has 6 nitrogen and oxygen atoms in total. The monoisotopic (exact) mass is 419 g/mol. The van der Waals surface area contributed by atoms with Gasteiger partial charge in [0.2, 0.25) is 0 Å². The average Bonchev–Trinajstić information content (AvgIpc) is 2.75. The van der Waals surface area contributed by atoms with Crippen LogP contribution in [0, 0.1) is 11.6 Å². The van der Waals surface area contributed by atoms with Gasteiger partial charge in [-0.3, -0.25) is 9.78 Å². The van der Waals surface area contributed by atoms with Gasteiger partial charge in [0, 0.05) is 22.8 Å². The van der Waals surface area contributed by atoms with E-state index in [1.54, 1.807) is 30.3 Å². The summed E-state index contributed by atoms with van der Waals surface area (Å²) in [6, 6.07) is 14.0. The number of aromatic nitrogens is 1. The Balaban J connectivity index is 1.86. The maximum Gasteiger partial charge on any atom is 0.335 e. The quantitative estimate of drug-likeness (QED) is 0.434. The molecule has 4 aromatic rings. The van der Waals surface area contributed by atoms with E-state index < -0.39 is 23.5 Å². The molecule has 0 atom stereocenters. The molecular weight excluding hydrogens is 404 g/mol. The van der Waals surface area contributed by atoms with Crippen LogP contribution in [0.15, 0.2) is 66.9 Å². The zero-order valence-electron chi connectivity index (χ0n) is 15.9. The van der Waals surface area contributed by atoms with Gasteiger partial charge in [-0.15, -0.1) is 0 Å². The van der Waals surface area contributed by atoms with Crippen LogP contribution < -0.4 is 11.1 Å². The van der Waals surface area contributed by atoms with Crippen LogP contribution >= 0.6 is 0 Å².